The maximum Gasteiger partial charge on any atom is 0.274 e. The Bertz CT molecular complexity index is 964. The lowest BCUT2D eigenvalue weighted by Crippen LogP contribution is -2.27. The second-order valence-corrected chi connectivity index (χ2v) is 7.09. The molecule has 27 heavy (non-hydrogen) atoms. The summed E-state index contributed by atoms with van der Waals surface area (Å²) >= 11 is 3.46. The number of carbonyl (C=O) groups excluding carboxylic acids is 1. The molecule has 0 saturated carbocycles. The van der Waals surface area contributed by atoms with Crippen molar-refractivity contribution in [2.45, 2.75) is 12.5 Å². The van der Waals surface area contributed by atoms with Crippen LogP contribution in [0.25, 0.3) is 0 Å². The normalized spacial score (nSPS) is 16.3. The summed E-state index contributed by atoms with van der Waals surface area (Å²) in [4.78, 5) is 13.2. The second-order valence-electron chi connectivity index (χ2n) is 6.17. The number of nitrogens with zero attached hydrogens (tertiary/aromatic N) is 2. The molecule has 4 rings (SSSR count). The van der Waals surface area contributed by atoms with Gasteiger partial charge in [-0.2, -0.15) is 5.10 Å². The SMILES string of the molecule is COc1ccc(C(=O)N2N=C(c3ccco3)CC2c2ccc(Br)cc2)cc1. The third-order valence-electron chi connectivity index (χ3n) is 4.52. The zero-order chi connectivity index (χ0) is 18.8. The number of carbonyl (C=O) groups is 1. The van der Waals surface area contributed by atoms with Gasteiger partial charge in [0.2, 0.25) is 0 Å². The Kier molecular flexibility index (Phi) is 4.81. The van der Waals surface area contributed by atoms with Crippen molar-refractivity contribution in [3.8, 4) is 5.75 Å². The van der Waals surface area contributed by atoms with E-state index in [1.54, 1.807) is 42.6 Å². The Balaban J connectivity index is 1.69. The van der Waals surface area contributed by atoms with Crippen LogP contribution < -0.4 is 4.74 Å². The largest absolute Gasteiger partial charge is 0.497 e. The van der Waals surface area contributed by atoms with Crippen molar-refractivity contribution < 1.29 is 13.9 Å². The minimum Gasteiger partial charge on any atom is -0.497 e. The average Bonchev–Trinajstić information content (AvgIpc) is 3.38. The van der Waals surface area contributed by atoms with Gasteiger partial charge in [-0.1, -0.05) is 28.1 Å². The third-order valence-corrected chi connectivity index (χ3v) is 5.04. The number of halogens is 1. The Morgan fingerprint density at radius 2 is 1.89 bits per heavy atom. The lowest BCUT2D eigenvalue weighted by Gasteiger charge is -2.22. The highest BCUT2D eigenvalue weighted by Crippen LogP contribution is 2.34. The van der Waals surface area contributed by atoms with Crippen molar-refractivity contribution in [3.05, 3.63) is 88.3 Å². The molecule has 0 fully saturated rings. The molecule has 1 unspecified atom stereocenters. The van der Waals surface area contributed by atoms with E-state index in [1.807, 2.05) is 36.4 Å². The number of amides is 1. The molecule has 0 aliphatic carbocycles. The molecule has 1 aliphatic rings. The summed E-state index contributed by atoms with van der Waals surface area (Å²) in [6.45, 7) is 0. The molecule has 2 heterocycles. The van der Waals surface area contributed by atoms with E-state index in [-0.39, 0.29) is 11.9 Å². The highest BCUT2D eigenvalue weighted by atomic mass is 79.9. The van der Waals surface area contributed by atoms with E-state index < -0.39 is 0 Å². The Morgan fingerprint density at radius 3 is 2.52 bits per heavy atom. The fourth-order valence-electron chi connectivity index (χ4n) is 3.10. The minimum absolute atomic E-state index is 0.160. The van der Waals surface area contributed by atoms with E-state index in [0.717, 1.165) is 15.7 Å². The summed E-state index contributed by atoms with van der Waals surface area (Å²) in [6, 6.07) is 18.5. The van der Waals surface area contributed by atoms with Gasteiger partial charge in [0.25, 0.3) is 5.91 Å². The third kappa shape index (κ3) is 3.53. The molecule has 1 aromatic heterocycles. The molecule has 0 bridgehead atoms. The van der Waals surface area contributed by atoms with Crippen LogP contribution in [0.15, 0.2) is 80.9 Å². The number of methoxy groups -OCH3 is 1. The molecule has 6 heteroatoms. The lowest BCUT2D eigenvalue weighted by molar-refractivity contribution is 0.0711. The predicted octanol–water partition coefficient (Wildman–Crippen LogP) is 5.04. The van der Waals surface area contributed by atoms with E-state index in [0.29, 0.717) is 23.5 Å². The number of ether oxygens (including phenoxy) is 1. The number of hydrogen-bond acceptors (Lipinski definition) is 4. The van der Waals surface area contributed by atoms with Gasteiger partial charge in [0, 0.05) is 16.5 Å². The number of hydrazone groups is 1. The van der Waals surface area contributed by atoms with E-state index in [2.05, 4.69) is 21.0 Å². The molecule has 2 aromatic carbocycles. The first kappa shape index (κ1) is 17.5. The molecule has 0 N–H and O–H groups in total. The molecule has 5 nitrogen and oxygen atoms in total. The van der Waals surface area contributed by atoms with Crippen LogP contribution in [0.3, 0.4) is 0 Å². The van der Waals surface area contributed by atoms with Crippen molar-refractivity contribution >= 4 is 27.5 Å². The zero-order valence-corrected chi connectivity index (χ0v) is 16.2. The average molecular weight is 425 g/mol. The van der Waals surface area contributed by atoms with Crippen LogP contribution in [-0.4, -0.2) is 23.7 Å². The van der Waals surface area contributed by atoms with Crippen molar-refractivity contribution in [2.75, 3.05) is 7.11 Å². The van der Waals surface area contributed by atoms with Crippen LogP contribution in [0, 0.1) is 0 Å². The van der Waals surface area contributed by atoms with E-state index >= 15 is 0 Å². The minimum atomic E-state index is -0.187. The summed E-state index contributed by atoms with van der Waals surface area (Å²) in [6.07, 6.45) is 2.21. The molecule has 3 aromatic rings. The summed E-state index contributed by atoms with van der Waals surface area (Å²) in [7, 11) is 1.60. The van der Waals surface area contributed by atoms with Gasteiger partial charge >= 0.3 is 0 Å². The molecule has 0 radical (unpaired) electrons. The quantitative estimate of drug-likeness (QED) is 0.589. The summed E-state index contributed by atoms with van der Waals surface area (Å²) in [5.74, 6) is 1.23. The fraction of sp³-hybridized carbons (Fsp3) is 0.143. The van der Waals surface area contributed by atoms with Crippen molar-refractivity contribution in [1.29, 1.82) is 0 Å². The van der Waals surface area contributed by atoms with Crippen molar-refractivity contribution in [3.63, 3.8) is 0 Å². The van der Waals surface area contributed by atoms with Crippen LogP contribution in [0.1, 0.15) is 34.1 Å². The van der Waals surface area contributed by atoms with Crippen LogP contribution >= 0.6 is 15.9 Å². The van der Waals surface area contributed by atoms with E-state index in [1.165, 1.54) is 0 Å². The molecular formula is C21H17BrN2O3. The van der Waals surface area contributed by atoms with Gasteiger partial charge in [-0.25, -0.2) is 5.01 Å². The second kappa shape index (κ2) is 7.40. The molecule has 0 saturated heterocycles. The van der Waals surface area contributed by atoms with E-state index in [9.17, 15) is 4.79 Å². The first-order valence-corrected chi connectivity index (χ1v) is 9.29. The molecular weight excluding hydrogens is 408 g/mol. The van der Waals surface area contributed by atoms with Gasteiger partial charge in [-0.05, 0) is 54.1 Å². The van der Waals surface area contributed by atoms with Gasteiger partial charge < -0.3 is 9.15 Å². The lowest BCUT2D eigenvalue weighted by atomic mass is 10.0. The van der Waals surface area contributed by atoms with Gasteiger partial charge in [-0.15, -0.1) is 0 Å². The van der Waals surface area contributed by atoms with Gasteiger partial charge in [0.15, 0.2) is 0 Å². The smallest absolute Gasteiger partial charge is 0.274 e. The topological polar surface area (TPSA) is 55.0 Å². The van der Waals surface area contributed by atoms with Gasteiger partial charge in [-0.3, -0.25) is 4.79 Å². The fourth-order valence-corrected chi connectivity index (χ4v) is 3.36. The standard InChI is InChI=1S/C21H17BrN2O3/c1-26-17-10-6-15(7-11-17)21(25)24-19(14-4-8-16(22)9-5-14)13-18(23-24)20-3-2-12-27-20/h2-12,19H,13H2,1H3. The molecule has 136 valence electrons. The predicted molar refractivity (Wildman–Crippen MR) is 106 cm³/mol. The Labute approximate surface area is 165 Å². The van der Waals surface area contributed by atoms with E-state index in [4.69, 9.17) is 9.15 Å². The summed E-state index contributed by atoms with van der Waals surface area (Å²) in [5.41, 5.74) is 2.34. The molecule has 1 aliphatic heterocycles. The summed E-state index contributed by atoms with van der Waals surface area (Å²) in [5, 5.41) is 6.14. The first-order chi connectivity index (χ1) is 13.2. The maximum atomic E-state index is 13.2. The highest BCUT2D eigenvalue weighted by molar-refractivity contribution is 9.10. The number of furan rings is 1. The van der Waals surface area contributed by atoms with Crippen molar-refractivity contribution in [2.24, 2.45) is 5.10 Å². The monoisotopic (exact) mass is 424 g/mol. The van der Waals surface area contributed by atoms with Gasteiger partial charge in [0.05, 0.1) is 19.4 Å². The van der Waals surface area contributed by atoms with Crippen LogP contribution in [0.4, 0.5) is 0 Å². The number of rotatable bonds is 4. The van der Waals surface area contributed by atoms with Crippen LogP contribution in [0.5, 0.6) is 5.75 Å². The molecule has 1 atom stereocenters. The van der Waals surface area contributed by atoms with Crippen LogP contribution in [-0.2, 0) is 0 Å². The zero-order valence-electron chi connectivity index (χ0n) is 14.6. The Hall–Kier alpha value is -2.86. The summed E-state index contributed by atoms with van der Waals surface area (Å²) < 4.78 is 11.7. The maximum absolute atomic E-state index is 13.2. The number of benzene rings is 2. The molecule has 0 spiro atoms. The van der Waals surface area contributed by atoms with Gasteiger partial charge in [0.1, 0.15) is 17.2 Å². The molecule has 1 amide bonds. The Morgan fingerprint density at radius 1 is 1.15 bits per heavy atom. The van der Waals surface area contributed by atoms with Crippen molar-refractivity contribution in [1.82, 2.24) is 5.01 Å². The number of hydrogen-bond donors (Lipinski definition) is 0. The first-order valence-electron chi connectivity index (χ1n) is 8.50. The van der Waals surface area contributed by atoms with Crippen LogP contribution in [0.2, 0.25) is 0 Å². The highest BCUT2D eigenvalue weighted by Gasteiger charge is 2.34.